The smallest absolute Gasteiger partial charge is 0.137 e. The lowest BCUT2D eigenvalue weighted by Gasteiger charge is -2.27. The minimum atomic E-state index is -0.642. The Kier molecular flexibility index (Phi) is 5.07. The Morgan fingerprint density at radius 1 is 1.12 bits per heavy atom. The highest BCUT2D eigenvalue weighted by atomic mass is 79.9. The van der Waals surface area contributed by atoms with Gasteiger partial charge < -0.3 is 0 Å². The molecule has 0 bridgehead atoms. The Morgan fingerprint density at radius 2 is 1.96 bits per heavy atom. The highest BCUT2D eigenvalue weighted by Crippen LogP contribution is 2.31. The molecule has 0 N–H and O–H groups in total. The molecule has 120 valence electrons. The summed E-state index contributed by atoms with van der Waals surface area (Å²) in [5.41, 5.74) is 1.58. The first-order valence-corrected chi connectivity index (χ1v) is 8.55. The molecule has 0 aliphatic heterocycles. The van der Waals surface area contributed by atoms with E-state index in [0.717, 1.165) is 16.5 Å². The molecular weight excluding hydrogens is 364 g/mol. The van der Waals surface area contributed by atoms with E-state index in [0.29, 0.717) is 13.0 Å². The van der Waals surface area contributed by atoms with E-state index in [4.69, 9.17) is 0 Å². The average molecular weight is 381 g/mol. The van der Waals surface area contributed by atoms with Crippen LogP contribution >= 0.6 is 15.9 Å². The highest BCUT2D eigenvalue weighted by molar-refractivity contribution is 9.10. The van der Waals surface area contributed by atoms with Gasteiger partial charge in [-0.1, -0.05) is 58.4 Å². The van der Waals surface area contributed by atoms with E-state index in [-0.39, 0.29) is 0 Å². The normalized spacial score (nSPS) is 13.2. The molecule has 0 fully saturated rings. The van der Waals surface area contributed by atoms with Crippen molar-refractivity contribution < 1.29 is 0 Å². The molecule has 3 rings (SSSR count). The average Bonchev–Trinajstić information content (AvgIpc) is 3.12. The number of hydrogen-bond donors (Lipinski definition) is 0. The van der Waals surface area contributed by atoms with Crippen molar-refractivity contribution in [3.05, 3.63) is 82.9 Å². The molecule has 1 unspecified atom stereocenters. The number of nitrogens with zero attached hydrogens (tertiary/aromatic N) is 4. The monoisotopic (exact) mass is 380 g/mol. The lowest BCUT2D eigenvalue weighted by atomic mass is 9.77. The molecule has 0 aliphatic carbocycles. The summed E-state index contributed by atoms with van der Waals surface area (Å²) in [6.45, 7) is 0.488. The molecule has 24 heavy (non-hydrogen) atoms. The van der Waals surface area contributed by atoms with E-state index < -0.39 is 5.41 Å². The topological polar surface area (TPSA) is 54.5 Å². The molecule has 1 aromatic heterocycles. The minimum absolute atomic E-state index is 0.488. The standard InChI is InChI=1S/C19H17BrN4/c20-18-8-4-5-16(11-18)9-10-19(12-21,13-24-15-22-14-23-24)17-6-2-1-3-7-17/h1-8,11,14-15H,9-10,13H2. The second-order valence-electron chi connectivity index (χ2n) is 5.78. The number of hydrogen-bond acceptors (Lipinski definition) is 3. The van der Waals surface area contributed by atoms with E-state index in [1.54, 1.807) is 11.0 Å². The van der Waals surface area contributed by atoms with Gasteiger partial charge in [0, 0.05) is 4.47 Å². The zero-order chi connectivity index (χ0) is 16.8. The summed E-state index contributed by atoms with van der Waals surface area (Å²) in [7, 11) is 0. The number of nitriles is 1. The molecule has 0 spiro atoms. The third-order valence-electron chi connectivity index (χ3n) is 4.17. The zero-order valence-electron chi connectivity index (χ0n) is 13.1. The molecule has 4 nitrogen and oxygen atoms in total. The summed E-state index contributed by atoms with van der Waals surface area (Å²) >= 11 is 3.51. The molecule has 0 saturated heterocycles. The van der Waals surface area contributed by atoms with Gasteiger partial charge in [-0.15, -0.1) is 0 Å². The summed E-state index contributed by atoms with van der Waals surface area (Å²) in [5, 5.41) is 14.2. The van der Waals surface area contributed by atoms with Gasteiger partial charge in [-0.25, -0.2) is 4.98 Å². The van der Waals surface area contributed by atoms with Gasteiger partial charge in [-0.2, -0.15) is 10.4 Å². The van der Waals surface area contributed by atoms with Crippen LogP contribution in [0.15, 0.2) is 71.7 Å². The van der Waals surface area contributed by atoms with Crippen molar-refractivity contribution in [2.75, 3.05) is 0 Å². The fourth-order valence-corrected chi connectivity index (χ4v) is 3.32. The van der Waals surface area contributed by atoms with E-state index in [9.17, 15) is 5.26 Å². The van der Waals surface area contributed by atoms with Crippen LogP contribution in [-0.4, -0.2) is 14.8 Å². The van der Waals surface area contributed by atoms with Gasteiger partial charge in [0.15, 0.2) is 0 Å². The molecule has 0 radical (unpaired) electrons. The maximum Gasteiger partial charge on any atom is 0.137 e. The summed E-state index contributed by atoms with van der Waals surface area (Å²) in [4.78, 5) is 4.00. The van der Waals surface area contributed by atoms with Gasteiger partial charge in [-0.3, -0.25) is 4.68 Å². The fourth-order valence-electron chi connectivity index (χ4n) is 2.87. The number of aromatic nitrogens is 3. The van der Waals surface area contributed by atoms with Crippen molar-refractivity contribution in [3.8, 4) is 6.07 Å². The first kappa shape index (κ1) is 16.4. The second-order valence-corrected chi connectivity index (χ2v) is 6.70. The number of rotatable bonds is 6. The van der Waals surface area contributed by atoms with Crippen molar-refractivity contribution in [2.24, 2.45) is 0 Å². The molecule has 2 aromatic carbocycles. The molecule has 1 atom stereocenters. The van der Waals surface area contributed by atoms with Crippen molar-refractivity contribution in [1.29, 1.82) is 5.26 Å². The Balaban J connectivity index is 1.90. The predicted octanol–water partition coefficient (Wildman–Crippen LogP) is 4.13. The van der Waals surface area contributed by atoms with E-state index >= 15 is 0 Å². The van der Waals surface area contributed by atoms with Crippen molar-refractivity contribution >= 4 is 15.9 Å². The Morgan fingerprint density at radius 3 is 2.62 bits per heavy atom. The van der Waals surface area contributed by atoms with Gasteiger partial charge in [0.1, 0.15) is 18.1 Å². The molecule has 0 aliphatic rings. The Bertz CT molecular complexity index is 824. The van der Waals surface area contributed by atoms with Crippen LogP contribution in [0.5, 0.6) is 0 Å². The summed E-state index contributed by atoms with van der Waals surface area (Å²) in [5.74, 6) is 0. The molecule has 1 heterocycles. The first-order valence-electron chi connectivity index (χ1n) is 7.75. The Labute approximate surface area is 149 Å². The van der Waals surface area contributed by atoms with Crippen LogP contribution in [0.2, 0.25) is 0 Å². The van der Waals surface area contributed by atoms with Crippen LogP contribution in [0.4, 0.5) is 0 Å². The summed E-state index contributed by atoms with van der Waals surface area (Å²) < 4.78 is 2.79. The van der Waals surface area contributed by atoms with E-state index in [1.807, 2.05) is 42.5 Å². The third-order valence-corrected chi connectivity index (χ3v) is 4.66. The Hall–Kier alpha value is -2.45. The van der Waals surface area contributed by atoms with Crippen LogP contribution in [0.3, 0.4) is 0 Å². The van der Waals surface area contributed by atoms with Gasteiger partial charge >= 0.3 is 0 Å². The second kappa shape index (κ2) is 7.41. The quantitative estimate of drug-likeness (QED) is 0.645. The largest absolute Gasteiger partial charge is 0.251 e. The SMILES string of the molecule is N#CC(CCc1cccc(Br)c1)(Cn1cncn1)c1ccccc1. The zero-order valence-corrected chi connectivity index (χ0v) is 14.7. The summed E-state index contributed by atoms with van der Waals surface area (Å²) in [6.07, 6.45) is 4.69. The molecular formula is C19H17BrN4. The number of halogens is 1. The van der Waals surface area contributed by atoms with E-state index in [2.05, 4.69) is 44.2 Å². The van der Waals surface area contributed by atoms with Crippen molar-refractivity contribution in [1.82, 2.24) is 14.8 Å². The maximum absolute atomic E-state index is 10.0. The van der Waals surface area contributed by atoms with Crippen LogP contribution in [0, 0.1) is 11.3 Å². The lowest BCUT2D eigenvalue weighted by molar-refractivity contribution is 0.402. The molecule has 3 aromatic rings. The van der Waals surface area contributed by atoms with Gasteiger partial charge in [-0.05, 0) is 36.1 Å². The fraction of sp³-hybridized carbons (Fsp3) is 0.211. The van der Waals surface area contributed by atoms with E-state index in [1.165, 1.54) is 11.9 Å². The molecule has 5 heteroatoms. The lowest BCUT2D eigenvalue weighted by Crippen LogP contribution is -2.31. The third kappa shape index (κ3) is 3.72. The molecule has 0 amide bonds. The highest BCUT2D eigenvalue weighted by Gasteiger charge is 2.33. The van der Waals surface area contributed by atoms with Crippen LogP contribution < -0.4 is 0 Å². The maximum atomic E-state index is 10.0. The van der Waals surface area contributed by atoms with Crippen LogP contribution in [0.25, 0.3) is 0 Å². The number of aryl methyl sites for hydroxylation is 1. The van der Waals surface area contributed by atoms with Gasteiger partial charge in [0.2, 0.25) is 0 Å². The first-order chi connectivity index (χ1) is 11.7. The number of benzene rings is 2. The predicted molar refractivity (Wildman–Crippen MR) is 96.2 cm³/mol. The minimum Gasteiger partial charge on any atom is -0.251 e. The van der Waals surface area contributed by atoms with Crippen molar-refractivity contribution in [2.45, 2.75) is 24.8 Å². The van der Waals surface area contributed by atoms with Crippen LogP contribution in [-0.2, 0) is 18.4 Å². The van der Waals surface area contributed by atoms with Gasteiger partial charge in [0.25, 0.3) is 0 Å². The summed E-state index contributed by atoms with van der Waals surface area (Å²) in [6, 6.07) is 20.7. The van der Waals surface area contributed by atoms with Crippen LogP contribution in [0.1, 0.15) is 17.5 Å². The van der Waals surface area contributed by atoms with Crippen molar-refractivity contribution in [3.63, 3.8) is 0 Å². The van der Waals surface area contributed by atoms with Gasteiger partial charge in [0.05, 0.1) is 12.6 Å². The molecule has 0 saturated carbocycles.